The fourth-order valence-electron chi connectivity index (χ4n) is 3.06. The van der Waals surface area contributed by atoms with Crippen molar-refractivity contribution in [2.45, 2.75) is 33.2 Å². The Morgan fingerprint density at radius 2 is 1.53 bits per heavy atom. The van der Waals surface area contributed by atoms with Crippen LogP contribution in [-0.2, 0) is 13.3 Å². The Hall–Kier alpha value is -2.72. The molecule has 32 heavy (non-hydrogen) atoms. The third kappa shape index (κ3) is 8.43. The van der Waals surface area contributed by atoms with Gasteiger partial charge in [-0.25, -0.2) is 9.59 Å². The lowest BCUT2D eigenvalue weighted by Gasteiger charge is -2.28. The molecule has 0 saturated heterocycles. The van der Waals surface area contributed by atoms with Crippen LogP contribution in [0.25, 0.3) is 0 Å². The summed E-state index contributed by atoms with van der Waals surface area (Å²) in [7, 11) is -2.71. The van der Waals surface area contributed by atoms with Gasteiger partial charge in [0.25, 0.3) is 0 Å². The molecular formula is C23H32N2O6Si. The lowest BCUT2D eigenvalue weighted by molar-refractivity contribution is 0.0706. The van der Waals surface area contributed by atoms with Gasteiger partial charge >= 0.3 is 20.8 Å². The van der Waals surface area contributed by atoms with Gasteiger partial charge in [-0.05, 0) is 51.5 Å². The minimum absolute atomic E-state index is 0.345. The summed E-state index contributed by atoms with van der Waals surface area (Å²) in [5, 5.41) is 5.56. The van der Waals surface area contributed by atoms with Crippen LogP contribution in [-0.4, -0.2) is 47.2 Å². The molecule has 2 aromatic rings. The van der Waals surface area contributed by atoms with Crippen LogP contribution in [0.2, 0.25) is 6.04 Å². The van der Waals surface area contributed by atoms with Gasteiger partial charge < -0.3 is 28.6 Å². The van der Waals surface area contributed by atoms with Gasteiger partial charge in [-0.2, -0.15) is 0 Å². The summed E-state index contributed by atoms with van der Waals surface area (Å²) in [6.07, 6.45) is 0.661. The van der Waals surface area contributed by atoms with E-state index in [-0.39, 0.29) is 6.03 Å². The molecule has 2 aromatic carbocycles. The highest BCUT2D eigenvalue weighted by atomic mass is 28.4. The van der Waals surface area contributed by atoms with Crippen LogP contribution in [0.15, 0.2) is 54.6 Å². The summed E-state index contributed by atoms with van der Waals surface area (Å²) in [6, 6.07) is 15.7. The summed E-state index contributed by atoms with van der Waals surface area (Å²) >= 11 is 0. The predicted octanol–water partition coefficient (Wildman–Crippen LogP) is 4.47. The second-order valence-electron chi connectivity index (χ2n) is 6.75. The van der Waals surface area contributed by atoms with Gasteiger partial charge in [-0.15, -0.1) is 0 Å². The zero-order chi connectivity index (χ0) is 23.2. The SMILES string of the molecule is CCO[Si](CCCNC(=O)Nc1cccc(OC(=O)c2ccccc2)c1)(OCC)OCC. The third-order valence-corrected chi connectivity index (χ3v) is 7.50. The largest absolute Gasteiger partial charge is 0.500 e. The van der Waals surface area contributed by atoms with Crippen LogP contribution in [0, 0.1) is 0 Å². The van der Waals surface area contributed by atoms with Crippen molar-refractivity contribution in [1.29, 1.82) is 0 Å². The van der Waals surface area contributed by atoms with E-state index in [1.165, 1.54) is 0 Å². The third-order valence-electron chi connectivity index (χ3n) is 4.35. The van der Waals surface area contributed by atoms with Crippen molar-refractivity contribution in [3.05, 3.63) is 60.2 Å². The molecule has 0 fully saturated rings. The molecule has 2 N–H and O–H groups in total. The normalized spacial score (nSPS) is 11.1. The molecule has 8 nitrogen and oxygen atoms in total. The molecule has 0 aliphatic carbocycles. The molecule has 0 unspecified atom stereocenters. The molecule has 0 saturated carbocycles. The first-order chi connectivity index (χ1) is 15.5. The van der Waals surface area contributed by atoms with E-state index in [1.807, 2.05) is 26.8 Å². The van der Waals surface area contributed by atoms with E-state index in [1.54, 1.807) is 48.5 Å². The molecule has 0 atom stereocenters. The van der Waals surface area contributed by atoms with Crippen LogP contribution in [0.5, 0.6) is 5.75 Å². The molecule has 0 aliphatic rings. The van der Waals surface area contributed by atoms with Gasteiger partial charge in [0, 0.05) is 44.2 Å². The monoisotopic (exact) mass is 460 g/mol. The standard InChI is InChI=1S/C23H32N2O6Si/c1-4-28-32(29-5-2,30-6-3)17-11-16-24-23(27)25-20-14-10-15-21(18-20)31-22(26)19-12-8-7-9-13-19/h7-10,12-15,18H,4-6,11,16-17H2,1-3H3,(H2,24,25,27). The fraction of sp³-hybridized carbons (Fsp3) is 0.391. The number of rotatable bonds is 13. The number of anilines is 1. The lowest BCUT2D eigenvalue weighted by atomic mass is 10.2. The van der Waals surface area contributed by atoms with E-state index < -0.39 is 14.8 Å². The second-order valence-corrected chi connectivity index (χ2v) is 9.48. The van der Waals surface area contributed by atoms with Crippen molar-refractivity contribution in [3.8, 4) is 5.75 Å². The number of carbonyl (C=O) groups excluding carboxylic acids is 2. The van der Waals surface area contributed by atoms with E-state index in [0.29, 0.717) is 55.8 Å². The highest BCUT2D eigenvalue weighted by Crippen LogP contribution is 2.19. The Morgan fingerprint density at radius 1 is 0.875 bits per heavy atom. The molecule has 0 radical (unpaired) electrons. The zero-order valence-electron chi connectivity index (χ0n) is 18.9. The average Bonchev–Trinajstić information content (AvgIpc) is 2.78. The maximum Gasteiger partial charge on any atom is 0.500 e. The van der Waals surface area contributed by atoms with Crippen LogP contribution < -0.4 is 15.4 Å². The quantitative estimate of drug-likeness (QED) is 0.198. The summed E-state index contributed by atoms with van der Waals surface area (Å²) in [4.78, 5) is 24.4. The van der Waals surface area contributed by atoms with E-state index in [4.69, 9.17) is 18.0 Å². The van der Waals surface area contributed by atoms with Gasteiger partial charge in [-0.3, -0.25) is 0 Å². The second kappa shape index (κ2) is 13.6. The molecule has 0 heterocycles. The van der Waals surface area contributed by atoms with Gasteiger partial charge in [0.2, 0.25) is 0 Å². The summed E-state index contributed by atoms with van der Waals surface area (Å²) in [5.74, 6) is -0.115. The Kier molecular flexibility index (Phi) is 10.9. The smallest absolute Gasteiger partial charge is 0.423 e. The lowest BCUT2D eigenvalue weighted by Crippen LogP contribution is -2.46. The molecule has 0 bridgehead atoms. The number of hydrogen-bond acceptors (Lipinski definition) is 6. The number of nitrogens with one attached hydrogen (secondary N) is 2. The Labute approximate surface area is 190 Å². The zero-order valence-corrected chi connectivity index (χ0v) is 19.9. The Bertz CT molecular complexity index is 832. The average molecular weight is 461 g/mol. The summed E-state index contributed by atoms with van der Waals surface area (Å²) < 4.78 is 22.8. The minimum atomic E-state index is -2.71. The number of benzene rings is 2. The summed E-state index contributed by atoms with van der Waals surface area (Å²) in [6.45, 7) is 7.74. The van der Waals surface area contributed by atoms with Crippen LogP contribution >= 0.6 is 0 Å². The van der Waals surface area contributed by atoms with Crippen LogP contribution in [0.4, 0.5) is 10.5 Å². The number of amides is 2. The van der Waals surface area contributed by atoms with Gasteiger partial charge in [0.15, 0.2) is 0 Å². The van der Waals surface area contributed by atoms with Crippen molar-refractivity contribution in [1.82, 2.24) is 5.32 Å². The molecule has 0 aromatic heterocycles. The van der Waals surface area contributed by atoms with Crippen molar-refractivity contribution in [2.24, 2.45) is 0 Å². The minimum Gasteiger partial charge on any atom is -0.423 e. The molecule has 2 rings (SSSR count). The maximum absolute atomic E-state index is 12.3. The van der Waals surface area contributed by atoms with Crippen molar-refractivity contribution in [2.75, 3.05) is 31.7 Å². The summed E-state index contributed by atoms with van der Waals surface area (Å²) in [5.41, 5.74) is 0.969. The maximum atomic E-state index is 12.3. The molecule has 0 aliphatic heterocycles. The van der Waals surface area contributed by atoms with Crippen molar-refractivity contribution in [3.63, 3.8) is 0 Å². The fourth-order valence-corrected chi connectivity index (χ4v) is 5.67. The van der Waals surface area contributed by atoms with Gasteiger partial charge in [0.05, 0.1) is 5.56 Å². The van der Waals surface area contributed by atoms with Crippen molar-refractivity contribution < 1.29 is 27.6 Å². The topological polar surface area (TPSA) is 95.1 Å². The Balaban J connectivity index is 1.82. The number of urea groups is 1. The molecule has 9 heteroatoms. The number of carbonyl (C=O) groups is 2. The van der Waals surface area contributed by atoms with Crippen LogP contribution in [0.3, 0.4) is 0 Å². The van der Waals surface area contributed by atoms with Crippen molar-refractivity contribution >= 4 is 26.5 Å². The molecular weight excluding hydrogens is 428 g/mol. The number of hydrogen-bond donors (Lipinski definition) is 2. The van der Waals surface area contributed by atoms with E-state index in [2.05, 4.69) is 10.6 Å². The Morgan fingerprint density at radius 3 is 2.16 bits per heavy atom. The highest BCUT2D eigenvalue weighted by Gasteiger charge is 2.39. The molecule has 0 spiro atoms. The van der Waals surface area contributed by atoms with E-state index in [9.17, 15) is 9.59 Å². The predicted molar refractivity (Wildman–Crippen MR) is 125 cm³/mol. The first kappa shape index (κ1) is 25.5. The van der Waals surface area contributed by atoms with Crippen LogP contribution in [0.1, 0.15) is 37.6 Å². The molecule has 2 amide bonds. The van der Waals surface area contributed by atoms with E-state index in [0.717, 1.165) is 0 Å². The number of esters is 1. The van der Waals surface area contributed by atoms with Gasteiger partial charge in [0.1, 0.15) is 5.75 Å². The highest BCUT2D eigenvalue weighted by molar-refractivity contribution is 6.60. The van der Waals surface area contributed by atoms with Gasteiger partial charge in [-0.1, -0.05) is 24.3 Å². The first-order valence-corrected chi connectivity index (χ1v) is 12.8. The van der Waals surface area contributed by atoms with E-state index >= 15 is 0 Å². The molecule has 174 valence electrons. The first-order valence-electron chi connectivity index (χ1n) is 10.9. The number of ether oxygens (including phenoxy) is 1.